The summed E-state index contributed by atoms with van der Waals surface area (Å²) in [5.74, 6) is 0. The van der Waals surface area contributed by atoms with Crippen molar-refractivity contribution in [3.8, 4) is 0 Å². The molecule has 0 unspecified atom stereocenters. The smallest absolute Gasteiger partial charge is 0.283 e. The van der Waals surface area contributed by atoms with E-state index in [1.807, 2.05) is 13.8 Å². The molecule has 0 aliphatic rings. The summed E-state index contributed by atoms with van der Waals surface area (Å²) in [6.07, 6.45) is 0. The van der Waals surface area contributed by atoms with Crippen LogP contribution in [0.2, 0.25) is 10.0 Å². The Kier molecular flexibility index (Phi) is 4.77. The Morgan fingerprint density at radius 1 is 1.33 bits per heavy atom. The van der Waals surface area contributed by atoms with E-state index >= 15 is 0 Å². The average molecular weight is 264 g/mol. The second-order valence-electron chi connectivity index (χ2n) is 3.18. The van der Waals surface area contributed by atoms with Crippen molar-refractivity contribution in [2.75, 3.05) is 5.32 Å². The number of nitrogens with one attached hydrogen (secondary N) is 1. The van der Waals surface area contributed by atoms with Crippen LogP contribution >= 0.6 is 35.0 Å². The van der Waals surface area contributed by atoms with Crippen LogP contribution in [0.3, 0.4) is 0 Å². The van der Waals surface area contributed by atoms with Crippen molar-refractivity contribution in [2.24, 2.45) is 0 Å². The maximum Gasteiger partial charge on any atom is 0.283 e. The molecule has 0 spiro atoms. The lowest BCUT2D eigenvalue weighted by molar-refractivity contribution is 0.269. The van der Waals surface area contributed by atoms with Gasteiger partial charge in [-0.25, -0.2) is 0 Å². The van der Waals surface area contributed by atoms with Crippen LogP contribution in [0, 0.1) is 0 Å². The highest BCUT2D eigenvalue weighted by atomic mass is 35.5. The summed E-state index contributed by atoms with van der Waals surface area (Å²) in [4.78, 5) is 11.5. The molecule has 0 bridgehead atoms. The van der Waals surface area contributed by atoms with E-state index in [0.717, 1.165) is 0 Å². The minimum Gasteiger partial charge on any atom is -0.314 e. The molecule has 1 N–H and O–H groups in total. The van der Waals surface area contributed by atoms with Crippen LogP contribution in [0.4, 0.5) is 10.5 Å². The fourth-order valence-electron chi connectivity index (χ4n) is 0.963. The van der Waals surface area contributed by atoms with Crippen molar-refractivity contribution < 1.29 is 4.79 Å². The van der Waals surface area contributed by atoms with E-state index in [0.29, 0.717) is 15.7 Å². The topological polar surface area (TPSA) is 29.1 Å². The zero-order valence-corrected chi connectivity index (χ0v) is 10.7. The maximum absolute atomic E-state index is 11.5. The van der Waals surface area contributed by atoms with E-state index in [2.05, 4.69) is 5.32 Å². The van der Waals surface area contributed by atoms with E-state index in [1.165, 1.54) is 11.8 Å². The molecule has 0 aliphatic carbocycles. The van der Waals surface area contributed by atoms with E-state index in [4.69, 9.17) is 23.2 Å². The number of anilines is 1. The van der Waals surface area contributed by atoms with E-state index in [9.17, 15) is 4.79 Å². The molecule has 82 valence electrons. The number of hydrogen-bond donors (Lipinski definition) is 1. The quantitative estimate of drug-likeness (QED) is 0.841. The normalized spacial score (nSPS) is 10.5. The molecular formula is C10H11Cl2NOS. The van der Waals surface area contributed by atoms with Gasteiger partial charge in [0.25, 0.3) is 5.24 Å². The SMILES string of the molecule is CC(C)SC(=O)Nc1c(Cl)cccc1Cl. The summed E-state index contributed by atoms with van der Waals surface area (Å²) in [5.41, 5.74) is 0.471. The summed E-state index contributed by atoms with van der Waals surface area (Å²) in [6, 6.07) is 5.10. The molecule has 1 rings (SSSR count). The average Bonchev–Trinajstić information content (AvgIpc) is 2.10. The highest BCUT2D eigenvalue weighted by Crippen LogP contribution is 2.30. The third-order valence-corrected chi connectivity index (χ3v) is 2.95. The van der Waals surface area contributed by atoms with Crippen LogP contribution in [-0.2, 0) is 0 Å². The van der Waals surface area contributed by atoms with Gasteiger partial charge in [-0.15, -0.1) is 0 Å². The van der Waals surface area contributed by atoms with Gasteiger partial charge in [0.2, 0.25) is 0 Å². The molecule has 0 saturated carbocycles. The van der Waals surface area contributed by atoms with Crippen LogP contribution in [-0.4, -0.2) is 10.5 Å². The lowest BCUT2D eigenvalue weighted by Crippen LogP contribution is -2.08. The molecule has 1 aromatic rings. The number of amides is 1. The van der Waals surface area contributed by atoms with Crippen molar-refractivity contribution >= 4 is 45.9 Å². The molecule has 15 heavy (non-hydrogen) atoms. The Morgan fingerprint density at radius 3 is 2.33 bits per heavy atom. The first-order valence-electron chi connectivity index (χ1n) is 4.42. The number of rotatable bonds is 2. The number of halogens is 2. The van der Waals surface area contributed by atoms with Gasteiger partial charge in [0, 0.05) is 5.25 Å². The third kappa shape index (κ3) is 3.93. The second kappa shape index (κ2) is 5.64. The zero-order valence-electron chi connectivity index (χ0n) is 8.38. The van der Waals surface area contributed by atoms with Crippen molar-refractivity contribution in [3.05, 3.63) is 28.2 Å². The van der Waals surface area contributed by atoms with Gasteiger partial charge in [0.15, 0.2) is 0 Å². The van der Waals surface area contributed by atoms with Crippen molar-refractivity contribution in [1.29, 1.82) is 0 Å². The molecular weight excluding hydrogens is 253 g/mol. The van der Waals surface area contributed by atoms with E-state index in [1.54, 1.807) is 18.2 Å². The summed E-state index contributed by atoms with van der Waals surface area (Å²) >= 11 is 13.0. The zero-order chi connectivity index (χ0) is 11.4. The Bertz CT molecular complexity index is 348. The first-order chi connectivity index (χ1) is 7.00. The third-order valence-electron chi connectivity index (χ3n) is 1.53. The fraction of sp³-hybridized carbons (Fsp3) is 0.300. The van der Waals surface area contributed by atoms with Gasteiger partial charge in [-0.2, -0.15) is 0 Å². The number of carbonyl (C=O) groups is 1. The molecule has 2 nitrogen and oxygen atoms in total. The van der Waals surface area contributed by atoms with E-state index < -0.39 is 0 Å². The number of thioether (sulfide) groups is 1. The minimum absolute atomic E-state index is 0.153. The van der Waals surface area contributed by atoms with E-state index in [-0.39, 0.29) is 10.5 Å². The van der Waals surface area contributed by atoms with Gasteiger partial charge in [-0.3, -0.25) is 4.79 Å². The van der Waals surface area contributed by atoms with Gasteiger partial charge >= 0.3 is 0 Å². The predicted molar refractivity (Wildman–Crippen MR) is 68.2 cm³/mol. The molecule has 0 aromatic heterocycles. The Morgan fingerprint density at radius 2 is 1.87 bits per heavy atom. The van der Waals surface area contributed by atoms with Gasteiger partial charge in [0.05, 0.1) is 15.7 Å². The van der Waals surface area contributed by atoms with Crippen LogP contribution in [0.15, 0.2) is 18.2 Å². The van der Waals surface area contributed by atoms with Gasteiger partial charge in [0.1, 0.15) is 0 Å². The van der Waals surface area contributed by atoms with Gasteiger partial charge in [-0.1, -0.05) is 54.9 Å². The minimum atomic E-state index is -0.153. The summed E-state index contributed by atoms with van der Waals surface area (Å²) < 4.78 is 0. The number of hydrogen-bond acceptors (Lipinski definition) is 2. The molecule has 1 aromatic carbocycles. The molecule has 0 radical (unpaired) electrons. The van der Waals surface area contributed by atoms with Crippen LogP contribution in [0.5, 0.6) is 0 Å². The van der Waals surface area contributed by atoms with Crippen LogP contribution in [0.1, 0.15) is 13.8 Å². The Balaban J connectivity index is 2.76. The highest BCUT2D eigenvalue weighted by molar-refractivity contribution is 8.14. The Hall–Kier alpha value is -0.380. The van der Waals surface area contributed by atoms with Crippen molar-refractivity contribution in [2.45, 2.75) is 19.1 Å². The largest absolute Gasteiger partial charge is 0.314 e. The van der Waals surface area contributed by atoms with Gasteiger partial charge in [-0.05, 0) is 12.1 Å². The molecule has 0 aliphatic heterocycles. The number of carbonyl (C=O) groups excluding carboxylic acids is 1. The molecule has 1 amide bonds. The van der Waals surface area contributed by atoms with Crippen molar-refractivity contribution in [1.82, 2.24) is 0 Å². The molecule has 0 saturated heterocycles. The first-order valence-corrected chi connectivity index (χ1v) is 6.06. The van der Waals surface area contributed by atoms with Crippen LogP contribution < -0.4 is 5.32 Å². The lowest BCUT2D eigenvalue weighted by atomic mass is 10.3. The lowest BCUT2D eigenvalue weighted by Gasteiger charge is -2.09. The summed E-state index contributed by atoms with van der Waals surface area (Å²) in [6.45, 7) is 3.89. The summed E-state index contributed by atoms with van der Waals surface area (Å²) in [5, 5.41) is 3.63. The Labute approximate surface area is 103 Å². The summed E-state index contributed by atoms with van der Waals surface area (Å²) in [7, 11) is 0. The highest BCUT2D eigenvalue weighted by Gasteiger charge is 2.10. The van der Waals surface area contributed by atoms with Crippen molar-refractivity contribution in [3.63, 3.8) is 0 Å². The van der Waals surface area contributed by atoms with Gasteiger partial charge < -0.3 is 5.32 Å². The predicted octanol–water partition coefficient (Wildman–Crippen LogP) is 4.67. The fourth-order valence-corrected chi connectivity index (χ4v) is 2.04. The molecule has 5 heteroatoms. The number of benzene rings is 1. The standard InChI is InChI=1S/C10H11Cl2NOS/c1-6(2)15-10(14)13-9-7(11)4-3-5-8(9)12/h3-6H,1-2H3,(H,13,14). The maximum atomic E-state index is 11.5. The molecule has 0 heterocycles. The second-order valence-corrected chi connectivity index (χ2v) is 5.54. The molecule has 0 atom stereocenters. The monoisotopic (exact) mass is 263 g/mol. The molecule has 0 fully saturated rings. The first kappa shape index (κ1) is 12.7. The van der Waals surface area contributed by atoms with Crippen LogP contribution in [0.25, 0.3) is 0 Å². The number of para-hydroxylation sites is 1.